The van der Waals surface area contributed by atoms with Gasteiger partial charge < -0.3 is 10.8 Å². The van der Waals surface area contributed by atoms with E-state index in [9.17, 15) is 5.11 Å². The van der Waals surface area contributed by atoms with Gasteiger partial charge in [-0.2, -0.15) is 0 Å². The molecule has 20 heavy (non-hydrogen) atoms. The first-order valence-electron chi connectivity index (χ1n) is 8.25. The van der Waals surface area contributed by atoms with Crippen LogP contribution in [0.15, 0.2) is 0 Å². The zero-order chi connectivity index (χ0) is 15.1. The topological polar surface area (TPSA) is 46.2 Å². The van der Waals surface area contributed by atoms with Gasteiger partial charge in [-0.1, -0.05) is 53.4 Å². The Labute approximate surface area is 124 Å². The summed E-state index contributed by atoms with van der Waals surface area (Å²) in [6.07, 6.45) is 8.38. The molecule has 0 amide bonds. The van der Waals surface area contributed by atoms with Gasteiger partial charge in [0.05, 0.1) is 5.69 Å². The minimum atomic E-state index is 0.360. The zero-order valence-electron chi connectivity index (χ0n) is 13.7. The minimum absolute atomic E-state index is 0.360. The molecular weight excluding hydrogens is 246 g/mol. The maximum absolute atomic E-state index is 10.5. The van der Waals surface area contributed by atoms with Gasteiger partial charge in [0.15, 0.2) is 0 Å². The first-order chi connectivity index (χ1) is 9.62. The molecule has 1 aromatic carbocycles. The standard InChI is InChI=1S/C18H31NO/c1-5-9-13-14(10-6-2)16(12-8-4)18(20)17(19)15(13)11-7-3/h20H,5-12,19H2,1-4H3. The number of anilines is 1. The van der Waals surface area contributed by atoms with Crippen molar-refractivity contribution in [2.75, 3.05) is 5.73 Å². The highest BCUT2D eigenvalue weighted by molar-refractivity contribution is 5.67. The lowest BCUT2D eigenvalue weighted by atomic mass is 9.85. The van der Waals surface area contributed by atoms with Gasteiger partial charge in [0.25, 0.3) is 0 Å². The summed E-state index contributed by atoms with van der Waals surface area (Å²) in [7, 11) is 0. The molecule has 114 valence electrons. The fraction of sp³-hybridized carbons (Fsp3) is 0.667. The smallest absolute Gasteiger partial charge is 0.142 e. The maximum Gasteiger partial charge on any atom is 0.142 e. The lowest BCUT2D eigenvalue weighted by Gasteiger charge is -2.22. The number of rotatable bonds is 8. The lowest BCUT2D eigenvalue weighted by Crippen LogP contribution is -2.09. The second-order valence-corrected chi connectivity index (χ2v) is 5.68. The van der Waals surface area contributed by atoms with Crippen molar-refractivity contribution in [3.8, 4) is 5.75 Å². The molecule has 0 saturated heterocycles. The molecule has 0 atom stereocenters. The fourth-order valence-corrected chi connectivity index (χ4v) is 3.13. The van der Waals surface area contributed by atoms with E-state index >= 15 is 0 Å². The van der Waals surface area contributed by atoms with Gasteiger partial charge in [-0.25, -0.2) is 0 Å². The van der Waals surface area contributed by atoms with Gasteiger partial charge in [-0.3, -0.25) is 0 Å². The van der Waals surface area contributed by atoms with Crippen LogP contribution in [0.1, 0.15) is 75.6 Å². The molecule has 2 nitrogen and oxygen atoms in total. The predicted molar refractivity (Wildman–Crippen MR) is 88.5 cm³/mol. The van der Waals surface area contributed by atoms with E-state index in [1.54, 1.807) is 0 Å². The quantitative estimate of drug-likeness (QED) is 0.530. The van der Waals surface area contributed by atoms with Crippen molar-refractivity contribution in [2.24, 2.45) is 0 Å². The molecule has 2 heteroatoms. The van der Waals surface area contributed by atoms with Gasteiger partial charge in [-0.05, 0) is 47.9 Å². The highest BCUT2D eigenvalue weighted by atomic mass is 16.3. The highest BCUT2D eigenvalue weighted by Gasteiger charge is 2.20. The Morgan fingerprint density at radius 3 is 1.45 bits per heavy atom. The van der Waals surface area contributed by atoms with E-state index in [2.05, 4.69) is 27.7 Å². The Morgan fingerprint density at radius 1 is 0.650 bits per heavy atom. The van der Waals surface area contributed by atoms with Crippen LogP contribution in [0, 0.1) is 0 Å². The number of hydrogen-bond donors (Lipinski definition) is 2. The van der Waals surface area contributed by atoms with Crippen molar-refractivity contribution in [3.63, 3.8) is 0 Å². The number of benzene rings is 1. The van der Waals surface area contributed by atoms with E-state index in [-0.39, 0.29) is 0 Å². The summed E-state index contributed by atoms with van der Waals surface area (Å²) < 4.78 is 0. The SMILES string of the molecule is CCCc1c(N)c(O)c(CCC)c(CCC)c1CCC. The van der Waals surface area contributed by atoms with Gasteiger partial charge >= 0.3 is 0 Å². The Morgan fingerprint density at radius 2 is 1.00 bits per heavy atom. The van der Waals surface area contributed by atoms with Crippen LogP contribution in [0.3, 0.4) is 0 Å². The minimum Gasteiger partial charge on any atom is -0.505 e. The zero-order valence-corrected chi connectivity index (χ0v) is 13.7. The predicted octanol–water partition coefficient (Wildman–Crippen LogP) is 4.78. The van der Waals surface area contributed by atoms with Gasteiger partial charge in [-0.15, -0.1) is 0 Å². The van der Waals surface area contributed by atoms with Gasteiger partial charge in [0.1, 0.15) is 5.75 Å². The number of phenols is 1. The first-order valence-corrected chi connectivity index (χ1v) is 8.25. The summed E-state index contributed by atoms with van der Waals surface area (Å²) in [5, 5.41) is 10.5. The Bertz CT molecular complexity index is 397. The maximum atomic E-state index is 10.5. The Balaban J connectivity index is 3.53. The Hall–Kier alpha value is -1.18. The summed E-state index contributed by atoms with van der Waals surface area (Å²) in [4.78, 5) is 0. The normalized spacial score (nSPS) is 11.0. The van der Waals surface area contributed by atoms with Crippen LogP contribution < -0.4 is 5.73 Å². The van der Waals surface area contributed by atoms with Crippen molar-refractivity contribution in [1.29, 1.82) is 0 Å². The van der Waals surface area contributed by atoms with Crippen LogP contribution >= 0.6 is 0 Å². The van der Waals surface area contributed by atoms with Crippen LogP contribution in [-0.2, 0) is 25.7 Å². The number of hydrogen-bond acceptors (Lipinski definition) is 2. The van der Waals surface area contributed by atoms with Crippen molar-refractivity contribution in [1.82, 2.24) is 0 Å². The monoisotopic (exact) mass is 277 g/mol. The molecule has 0 unspecified atom stereocenters. The number of aromatic hydroxyl groups is 1. The first kappa shape index (κ1) is 16.9. The summed E-state index contributed by atoms with van der Waals surface area (Å²) in [5.41, 5.74) is 12.0. The largest absolute Gasteiger partial charge is 0.505 e. The van der Waals surface area contributed by atoms with E-state index in [4.69, 9.17) is 5.73 Å². The molecule has 0 fully saturated rings. The summed E-state index contributed by atoms with van der Waals surface area (Å²) in [6, 6.07) is 0. The second kappa shape index (κ2) is 8.18. The highest BCUT2D eigenvalue weighted by Crippen LogP contribution is 2.38. The van der Waals surface area contributed by atoms with Crippen LogP contribution in [0.4, 0.5) is 5.69 Å². The van der Waals surface area contributed by atoms with Crippen molar-refractivity contribution in [2.45, 2.75) is 79.1 Å². The van der Waals surface area contributed by atoms with E-state index in [0.717, 1.165) is 56.9 Å². The average Bonchev–Trinajstić information content (AvgIpc) is 2.44. The van der Waals surface area contributed by atoms with Crippen LogP contribution in [0.2, 0.25) is 0 Å². The van der Waals surface area contributed by atoms with E-state index in [0.29, 0.717) is 11.4 Å². The number of nitrogen functional groups attached to an aromatic ring is 1. The summed E-state index contributed by atoms with van der Waals surface area (Å²) >= 11 is 0. The molecule has 0 radical (unpaired) electrons. The molecule has 0 aliphatic carbocycles. The fourth-order valence-electron chi connectivity index (χ4n) is 3.13. The number of phenolic OH excluding ortho intramolecular Hbond substituents is 1. The van der Waals surface area contributed by atoms with Gasteiger partial charge in [0, 0.05) is 0 Å². The Kier molecular flexibility index (Phi) is 6.90. The molecule has 3 N–H and O–H groups in total. The van der Waals surface area contributed by atoms with Crippen LogP contribution in [0.25, 0.3) is 0 Å². The molecule has 0 heterocycles. The molecule has 0 aliphatic heterocycles. The second-order valence-electron chi connectivity index (χ2n) is 5.68. The molecule has 0 bridgehead atoms. The third kappa shape index (κ3) is 3.47. The van der Waals surface area contributed by atoms with Gasteiger partial charge in [0.2, 0.25) is 0 Å². The average molecular weight is 277 g/mol. The third-order valence-electron chi connectivity index (χ3n) is 3.96. The summed E-state index contributed by atoms with van der Waals surface area (Å²) in [5.74, 6) is 0.360. The molecule has 0 aromatic heterocycles. The van der Waals surface area contributed by atoms with Crippen LogP contribution in [0.5, 0.6) is 5.75 Å². The molecule has 0 saturated carbocycles. The summed E-state index contributed by atoms with van der Waals surface area (Å²) in [6.45, 7) is 8.75. The van der Waals surface area contributed by atoms with Crippen LogP contribution in [-0.4, -0.2) is 5.11 Å². The number of nitrogens with two attached hydrogens (primary N) is 1. The van der Waals surface area contributed by atoms with E-state index in [1.807, 2.05) is 0 Å². The van der Waals surface area contributed by atoms with E-state index < -0.39 is 0 Å². The van der Waals surface area contributed by atoms with E-state index in [1.165, 1.54) is 16.7 Å². The lowest BCUT2D eigenvalue weighted by molar-refractivity contribution is 0.467. The molecule has 1 rings (SSSR count). The molecular formula is C18H31NO. The molecule has 0 aliphatic rings. The molecule has 1 aromatic rings. The van der Waals surface area contributed by atoms with Crippen molar-refractivity contribution >= 4 is 5.69 Å². The van der Waals surface area contributed by atoms with Crippen molar-refractivity contribution < 1.29 is 5.11 Å². The molecule has 0 spiro atoms. The third-order valence-corrected chi connectivity index (χ3v) is 3.96. The van der Waals surface area contributed by atoms with Crippen molar-refractivity contribution in [3.05, 3.63) is 22.3 Å².